The molecule has 0 spiro atoms. The lowest BCUT2D eigenvalue weighted by molar-refractivity contribution is -0.147. The van der Waals surface area contributed by atoms with Gasteiger partial charge in [-0.1, -0.05) is 6.92 Å². The zero-order valence-electron chi connectivity index (χ0n) is 9.03. The summed E-state index contributed by atoms with van der Waals surface area (Å²) in [7, 11) is 0. The molecule has 0 aromatic carbocycles. The maximum absolute atomic E-state index is 11.3. The van der Waals surface area contributed by atoms with Crippen LogP contribution in [0, 0.1) is 5.92 Å². The maximum atomic E-state index is 11.3. The zero-order chi connectivity index (χ0) is 10.6. The van der Waals surface area contributed by atoms with E-state index in [1.807, 2.05) is 13.8 Å². The highest BCUT2D eigenvalue weighted by molar-refractivity contribution is 5.72. The van der Waals surface area contributed by atoms with Gasteiger partial charge in [0.15, 0.2) is 0 Å². The van der Waals surface area contributed by atoms with E-state index in [-0.39, 0.29) is 17.9 Å². The van der Waals surface area contributed by atoms with E-state index in [0.29, 0.717) is 6.61 Å². The second kappa shape index (κ2) is 5.32. The Morgan fingerprint density at radius 3 is 2.93 bits per heavy atom. The summed E-state index contributed by atoms with van der Waals surface area (Å²) in [5.41, 5.74) is 5.78. The van der Waals surface area contributed by atoms with Crippen LogP contribution in [0.3, 0.4) is 0 Å². The third-order valence-electron chi connectivity index (χ3n) is 2.53. The Bertz CT molecular complexity index is 197. The highest BCUT2D eigenvalue weighted by Gasteiger charge is 2.23. The van der Waals surface area contributed by atoms with Crippen molar-refractivity contribution in [3.05, 3.63) is 0 Å². The number of esters is 1. The molecular formula is C10H20N2O2. The molecule has 0 radical (unpaired) electrons. The molecule has 0 saturated carbocycles. The standard InChI is InChI=1S/C10H20N2O2/c1-3-14-10(13)8(2)6-12-5-4-9(11)7-12/h8-9H,3-7,11H2,1-2H3. The largest absolute Gasteiger partial charge is 0.466 e. The number of hydrogen-bond donors (Lipinski definition) is 1. The number of nitrogens with zero attached hydrogens (tertiary/aromatic N) is 1. The Morgan fingerprint density at radius 1 is 1.71 bits per heavy atom. The fraction of sp³-hybridized carbons (Fsp3) is 0.900. The van der Waals surface area contributed by atoms with E-state index in [2.05, 4.69) is 4.90 Å². The quantitative estimate of drug-likeness (QED) is 0.659. The summed E-state index contributed by atoms with van der Waals surface area (Å²) in [5.74, 6) is -0.145. The van der Waals surface area contributed by atoms with Gasteiger partial charge in [0.2, 0.25) is 0 Å². The molecule has 1 aliphatic heterocycles. The Balaban J connectivity index is 2.26. The van der Waals surface area contributed by atoms with Crippen molar-refractivity contribution in [2.75, 3.05) is 26.2 Å². The average Bonchev–Trinajstić information content (AvgIpc) is 2.51. The van der Waals surface area contributed by atoms with Crippen molar-refractivity contribution in [2.45, 2.75) is 26.3 Å². The number of rotatable bonds is 4. The summed E-state index contributed by atoms with van der Waals surface area (Å²) in [6.07, 6.45) is 1.04. The zero-order valence-corrected chi connectivity index (χ0v) is 9.03. The first-order valence-corrected chi connectivity index (χ1v) is 5.28. The molecule has 0 bridgehead atoms. The predicted molar refractivity (Wildman–Crippen MR) is 54.8 cm³/mol. The number of carbonyl (C=O) groups excluding carboxylic acids is 1. The summed E-state index contributed by atoms with van der Waals surface area (Å²) in [4.78, 5) is 13.6. The molecule has 82 valence electrons. The summed E-state index contributed by atoms with van der Waals surface area (Å²) in [6.45, 7) is 6.88. The molecule has 0 aromatic heterocycles. The van der Waals surface area contributed by atoms with Crippen LogP contribution in [-0.4, -0.2) is 43.2 Å². The molecule has 0 aromatic rings. The van der Waals surface area contributed by atoms with Crippen molar-refractivity contribution in [1.29, 1.82) is 0 Å². The van der Waals surface area contributed by atoms with Crippen molar-refractivity contribution in [2.24, 2.45) is 11.7 Å². The van der Waals surface area contributed by atoms with Gasteiger partial charge in [-0.25, -0.2) is 0 Å². The first-order chi connectivity index (χ1) is 6.63. The van der Waals surface area contributed by atoms with Crippen LogP contribution < -0.4 is 5.73 Å². The lowest BCUT2D eigenvalue weighted by Crippen LogP contribution is -2.33. The summed E-state index contributed by atoms with van der Waals surface area (Å²) >= 11 is 0. The van der Waals surface area contributed by atoms with E-state index >= 15 is 0 Å². The normalized spacial score (nSPS) is 24.9. The fourth-order valence-electron chi connectivity index (χ4n) is 1.77. The molecule has 1 heterocycles. The highest BCUT2D eigenvalue weighted by atomic mass is 16.5. The third-order valence-corrected chi connectivity index (χ3v) is 2.53. The average molecular weight is 200 g/mol. The lowest BCUT2D eigenvalue weighted by atomic mass is 10.2. The van der Waals surface area contributed by atoms with E-state index < -0.39 is 0 Å². The van der Waals surface area contributed by atoms with Crippen molar-refractivity contribution >= 4 is 5.97 Å². The third kappa shape index (κ3) is 3.27. The molecule has 14 heavy (non-hydrogen) atoms. The van der Waals surface area contributed by atoms with Gasteiger partial charge in [-0.3, -0.25) is 4.79 Å². The monoisotopic (exact) mass is 200 g/mol. The van der Waals surface area contributed by atoms with E-state index in [4.69, 9.17) is 10.5 Å². The lowest BCUT2D eigenvalue weighted by Gasteiger charge is -2.19. The molecule has 2 unspecified atom stereocenters. The maximum Gasteiger partial charge on any atom is 0.309 e. The minimum Gasteiger partial charge on any atom is -0.466 e. The van der Waals surface area contributed by atoms with E-state index in [9.17, 15) is 4.79 Å². The first-order valence-electron chi connectivity index (χ1n) is 5.28. The first kappa shape index (κ1) is 11.5. The molecular weight excluding hydrogens is 180 g/mol. The molecule has 1 fully saturated rings. The minimum atomic E-state index is -0.104. The highest BCUT2D eigenvalue weighted by Crippen LogP contribution is 2.10. The van der Waals surface area contributed by atoms with Crippen LogP contribution in [0.1, 0.15) is 20.3 Å². The second-order valence-electron chi connectivity index (χ2n) is 3.96. The van der Waals surface area contributed by atoms with Crippen LogP contribution >= 0.6 is 0 Å². The van der Waals surface area contributed by atoms with Gasteiger partial charge in [0.25, 0.3) is 0 Å². The van der Waals surface area contributed by atoms with Gasteiger partial charge in [0, 0.05) is 19.1 Å². The Labute approximate surface area is 85.4 Å². The molecule has 4 nitrogen and oxygen atoms in total. The van der Waals surface area contributed by atoms with Crippen molar-refractivity contribution < 1.29 is 9.53 Å². The number of nitrogens with two attached hydrogens (primary N) is 1. The van der Waals surface area contributed by atoms with Crippen LogP contribution in [0.4, 0.5) is 0 Å². The van der Waals surface area contributed by atoms with Crippen LogP contribution in [0.25, 0.3) is 0 Å². The number of hydrogen-bond acceptors (Lipinski definition) is 4. The number of carbonyl (C=O) groups is 1. The van der Waals surface area contributed by atoms with Crippen LogP contribution in [0.15, 0.2) is 0 Å². The van der Waals surface area contributed by atoms with Gasteiger partial charge in [0.05, 0.1) is 12.5 Å². The predicted octanol–water partition coefficient (Wildman–Crippen LogP) is 0.219. The fourth-order valence-corrected chi connectivity index (χ4v) is 1.77. The van der Waals surface area contributed by atoms with Crippen LogP contribution in [-0.2, 0) is 9.53 Å². The second-order valence-corrected chi connectivity index (χ2v) is 3.96. The van der Waals surface area contributed by atoms with Crippen molar-refractivity contribution in [3.8, 4) is 0 Å². The topological polar surface area (TPSA) is 55.6 Å². The van der Waals surface area contributed by atoms with E-state index in [1.165, 1.54) is 0 Å². The van der Waals surface area contributed by atoms with Gasteiger partial charge in [-0.15, -0.1) is 0 Å². The number of ether oxygens (including phenoxy) is 1. The molecule has 1 aliphatic rings. The van der Waals surface area contributed by atoms with E-state index in [1.54, 1.807) is 0 Å². The van der Waals surface area contributed by atoms with Crippen molar-refractivity contribution in [3.63, 3.8) is 0 Å². The van der Waals surface area contributed by atoms with Gasteiger partial charge in [0.1, 0.15) is 0 Å². The molecule has 2 N–H and O–H groups in total. The Morgan fingerprint density at radius 2 is 2.43 bits per heavy atom. The van der Waals surface area contributed by atoms with Gasteiger partial charge in [-0.05, 0) is 19.9 Å². The molecule has 2 atom stereocenters. The van der Waals surface area contributed by atoms with Crippen molar-refractivity contribution in [1.82, 2.24) is 4.90 Å². The molecule has 4 heteroatoms. The van der Waals surface area contributed by atoms with E-state index in [0.717, 1.165) is 26.1 Å². The summed E-state index contributed by atoms with van der Waals surface area (Å²) in [5, 5.41) is 0. The molecule has 1 rings (SSSR count). The smallest absolute Gasteiger partial charge is 0.309 e. The van der Waals surface area contributed by atoms with Gasteiger partial charge < -0.3 is 15.4 Å². The Hall–Kier alpha value is -0.610. The summed E-state index contributed by atoms with van der Waals surface area (Å²) < 4.78 is 4.94. The molecule has 1 saturated heterocycles. The minimum absolute atomic E-state index is 0.0414. The van der Waals surface area contributed by atoms with Gasteiger partial charge >= 0.3 is 5.97 Å². The molecule has 0 aliphatic carbocycles. The summed E-state index contributed by atoms with van der Waals surface area (Å²) in [6, 6.07) is 0.282. The van der Waals surface area contributed by atoms with Crippen LogP contribution in [0.2, 0.25) is 0 Å². The number of likely N-dealkylation sites (tertiary alicyclic amines) is 1. The Kier molecular flexibility index (Phi) is 4.35. The molecule has 0 amide bonds. The van der Waals surface area contributed by atoms with Crippen LogP contribution in [0.5, 0.6) is 0 Å². The SMILES string of the molecule is CCOC(=O)C(C)CN1CCC(N)C1. The van der Waals surface area contributed by atoms with Gasteiger partial charge in [-0.2, -0.15) is 0 Å².